The van der Waals surface area contributed by atoms with Crippen molar-refractivity contribution in [2.45, 2.75) is 4.90 Å². The normalized spacial score (nSPS) is 14.8. The van der Waals surface area contributed by atoms with Gasteiger partial charge in [0.25, 0.3) is 0 Å². The first-order valence-electron chi connectivity index (χ1n) is 12.8. The van der Waals surface area contributed by atoms with Crippen LogP contribution in [0.25, 0.3) is 39.6 Å². The van der Waals surface area contributed by atoms with Gasteiger partial charge in [0.1, 0.15) is 11.8 Å². The van der Waals surface area contributed by atoms with E-state index >= 15 is 0 Å². The van der Waals surface area contributed by atoms with Crippen LogP contribution in [-0.4, -0.2) is 58.4 Å². The fourth-order valence-corrected chi connectivity index (χ4v) is 6.31. The molecular formula is C30H26N6O3S. The summed E-state index contributed by atoms with van der Waals surface area (Å²) in [7, 11) is -1.83. The summed E-state index contributed by atoms with van der Waals surface area (Å²) in [6, 6.07) is 26.4. The predicted octanol–water partition coefficient (Wildman–Crippen LogP) is 4.51. The summed E-state index contributed by atoms with van der Waals surface area (Å²) in [5, 5.41) is 15.0. The molecule has 6 rings (SSSR count). The zero-order valence-electron chi connectivity index (χ0n) is 21.8. The number of nitrogens with zero attached hydrogens (tertiary/aromatic N) is 6. The van der Waals surface area contributed by atoms with Crippen molar-refractivity contribution < 1.29 is 13.2 Å². The topological polar surface area (TPSA) is 106 Å². The van der Waals surface area contributed by atoms with Crippen molar-refractivity contribution >= 4 is 32.7 Å². The second-order valence-electron chi connectivity index (χ2n) is 9.41. The monoisotopic (exact) mass is 550 g/mol. The highest BCUT2D eigenvalue weighted by molar-refractivity contribution is 7.89. The summed E-state index contributed by atoms with van der Waals surface area (Å²) in [5.41, 5.74) is 4.74. The standard InChI is InChI=1S/C30H26N6O3S/c1-34-28-13-6-5-12-27(28)32-30(34)23(20-31)18-24-21-36(25-9-3-2-4-10-25)33-29(24)22-8-7-11-26(19-22)40(37,38)35-14-16-39-17-15-35/h2-13,18-19,21H,14-17H2,1H3. The van der Waals surface area contributed by atoms with E-state index in [0.29, 0.717) is 54.5 Å². The molecule has 1 aliphatic rings. The lowest BCUT2D eigenvalue weighted by Gasteiger charge is -2.26. The van der Waals surface area contributed by atoms with Crippen LogP contribution in [0.15, 0.2) is 90.0 Å². The number of benzene rings is 3. The third-order valence-corrected chi connectivity index (χ3v) is 8.82. The first-order chi connectivity index (χ1) is 19.5. The highest BCUT2D eigenvalue weighted by Gasteiger charge is 2.27. The summed E-state index contributed by atoms with van der Waals surface area (Å²) >= 11 is 0. The van der Waals surface area contributed by atoms with E-state index in [2.05, 4.69) is 6.07 Å². The van der Waals surface area contributed by atoms with Crippen molar-refractivity contribution in [3.63, 3.8) is 0 Å². The summed E-state index contributed by atoms with van der Waals surface area (Å²) in [5.74, 6) is 0.533. The van der Waals surface area contributed by atoms with Crippen molar-refractivity contribution in [2.24, 2.45) is 7.05 Å². The first kappa shape index (κ1) is 25.7. The molecule has 0 spiro atoms. The highest BCUT2D eigenvalue weighted by Crippen LogP contribution is 2.30. The minimum Gasteiger partial charge on any atom is -0.379 e. The van der Waals surface area contributed by atoms with Crippen LogP contribution in [0.5, 0.6) is 0 Å². The number of imidazole rings is 1. The van der Waals surface area contributed by atoms with Gasteiger partial charge in [0, 0.05) is 37.5 Å². The molecule has 5 aromatic rings. The largest absolute Gasteiger partial charge is 0.379 e. The number of nitriles is 1. The van der Waals surface area contributed by atoms with Gasteiger partial charge in [-0.1, -0.05) is 42.5 Å². The Kier molecular flexibility index (Phi) is 6.77. The van der Waals surface area contributed by atoms with Crippen LogP contribution in [-0.2, 0) is 21.8 Å². The number of para-hydroxylation sites is 3. The van der Waals surface area contributed by atoms with Crippen molar-refractivity contribution in [3.05, 3.63) is 96.4 Å². The number of ether oxygens (including phenoxy) is 1. The molecule has 0 N–H and O–H groups in total. The van der Waals surface area contributed by atoms with Crippen LogP contribution in [0, 0.1) is 11.3 Å². The van der Waals surface area contributed by atoms with Crippen LogP contribution >= 0.6 is 0 Å². The fraction of sp³-hybridized carbons (Fsp3) is 0.167. The molecule has 3 heterocycles. The molecule has 3 aromatic carbocycles. The number of fused-ring (bicyclic) bond motifs is 1. The van der Waals surface area contributed by atoms with Crippen molar-refractivity contribution in [3.8, 4) is 23.0 Å². The van der Waals surface area contributed by atoms with E-state index in [0.717, 1.165) is 16.7 Å². The molecule has 0 atom stereocenters. The SMILES string of the molecule is Cn1c(C(C#N)=Cc2cn(-c3ccccc3)nc2-c2cccc(S(=O)(=O)N3CCOCC3)c2)nc2ccccc21. The maximum Gasteiger partial charge on any atom is 0.243 e. The maximum atomic E-state index is 13.4. The van der Waals surface area contributed by atoms with Crippen LogP contribution in [0.2, 0.25) is 0 Å². The van der Waals surface area contributed by atoms with Gasteiger partial charge in [-0.2, -0.15) is 14.7 Å². The number of allylic oxidation sites excluding steroid dienone is 1. The van der Waals surface area contributed by atoms with Crippen molar-refractivity contribution in [1.82, 2.24) is 23.6 Å². The number of hydrogen-bond donors (Lipinski definition) is 0. The second-order valence-corrected chi connectivity index (χ2v) is 11.3. The molecule has 0 amide bonds. The number of rotatable bonds is 6. The van der Waals surface area contributed by atoms with Gasteiger partial charge in [-0.05, 0) is 42.5 Å². The molecule has 1 aliphatic heterocycles. The van der Waals surface area contributed by atoms with Crippen LogP contribution in [0.4, 0.5) is 0 Å². The van der Waals surface area contributed by atoms with E-state index in [9.17, 15) is 13.7 Å². The van der Waals surface area contributed by atoms with Crippen LogP contribution in [0.1, 0.15) is 11.4 Å². The third kappa shape index (κ3) is 4.71. The number of aromatic nitrogens is 4. The van der Waals surface area contributed by atoms with E-state index < -0.39 is 10.0 Å². The van der Waals surface area contributed by atoms with E-state index in [1.807, 2.05) is 78.5 Å². The van der Waals surface area contributed by atoms with Gasteiger partial charge in [-0.15, -0.1) is 0 Å². The molecule has 40 heavy (non-hydrogen) atoms. The van der Waals surface area contributed by atoms with E-state index in [4.69, 9.17) is 14.8 Å². The summed E-state index contributed by atoms with van der Waals surface area (Å²) in [6.07, 6.45) is 3.60. The van der Waals surface area contributed by atoms with E-state index in [-0.39, 0.29) is 4.90 Å². The Labute approximate surface area is 232 Å². The van der Waals surface area contributed by atoms with Crippen LogP contribution in [0.3, 0.4) is 0 Å². The lowest BCUT2D eigenvalue weighted by atomic mass is 10.1. The summed E-state index contributed by atoms with van der Waals surface area (Å²) < 4.78 is 37.2. The van der Waals surface area contributed by atoms with Gasteiger partial charge in [-0.3, -0.25) is 0 Å². The zero-order chi connectivity index (χ0) is 27.7. The van der Waals surface area contributed by atoms with Crippen molar-refractivity contribution in [2.75, 3.05) is 26.3 Å². The molecule has 1 fully saturated rings. The van der Waals surface area contributed by atoms with E-state index in [1.165, 1.54) is 4.31 Å². The Morgan fingerprint density at radius 2 is 1.75 bits per heavy atom. The third-order valence-electron chi connectivity index (χ3n) is 6.93. The van der Waals surface area contributed by atoms with Gasteiger partial charge < -0.3 is 9.30 Å². The average molecular weight is 551 g/mol. The first-order valence-corrected chi connectivity index (χ1v) is 14.3. The highest BCUT2D eigenvalue weighted by atomic mass is 32.2. The quantitative estimate of drug-likeness (QED) is 0.288. The molecule has 0 bridgehead atoms. The number of morpholine rings is 1. The van der Waals surface area contributed by atoms with Gasteiger partial charge in [-0.25, -0.2) is 18.1 Å². The van der Waals surface area contributed by atoms with Crippen LogP contribution < -0.4 is 0 Å². The molecular weight excluding hydrogens is 524 g/mol. The van der Waals surface area contributed by atoms with Gasteiger partial charge >= 0.3 is 0 Å². The lowest BCUT2D eigenvalue weighted by molar-refractivity contribution is 0.0730. The minimum absolute atomic E-state index is 0.187. The molecule has 0 saturated carbocycles. The molecule has 1 saturated heterocycles. The van der Waals surface area contributed by atoms with E-state index in [1.54, 1.807) is 29.0 Å². The smallest absolute Gasteiger partial charge is 0.243 e. The molecule has 0 aliphatic carbocycles. The number of hydrogen-bond acceptors (Lipinski definition) is 6. The summed E-state index contributed by atoms with van der Waals surface area (Å²) in [4.78, 5) is 4.88. The fourth-order valence-electron chi connectivity index (χ4n) is 4.86. The van der Waals surface area contributed by atoms with Gasteiger partial charge in [0.15, 0.2) is 5.82 Å². The Morgan fingerprint density at radius 3 is 2.50 bits per heavy atom. The average Bonchev–Trinajstić information content (AvgIpc) is 3.58. The molecule has 2 aromatic heterocycles. The Bertz CT molecular complexity index is 1880. The second kappa shape index (κ2) is 10.5. The Hall–Kier alpha value is -4.56. The maximum absolute atomic E-state index is 13.4. The van der Waals surface area contributed by atoms with Crippen molar-refractivity contribution in [1.29, 1.82) is 5.26 Å². The van der Waals surface area contributed by atoms with Gasteiger partial charge in [0.2, 0.25) is 10.0 Å². The zero-order valence-corrected chi connectivity index (χ0v) is 22.6. The van der Waals surface area contributed by atoms with Gasteiger partial charge in [0.05, 0.1) is 40.4 Å². The lowest BCUT2D eigenvalue weighted by Crippen LogP contribution is -2.40. The molecule has 0 unspecified atom stereocenters. The Morgan fingerprint density at radius 1 is 1.00 bits per heavy atom. The molecule has 9 nitrogen and oxygen atoms in total. The molecule has 200 valence electrons. The molecule has 0 radical (unpaired) electrons. The minimum atomic E-state index is -3.70. The molecule has 10 heteroatoms. The number of aryl methyl sites for hydroxylation is 1. The Balaban J connectivity index is 1.49. The summed E-state index contributed by atoms with van der Waals surface area (Å²) in [6.45, 7) is 1.36. The predicted molar refractivity (Wildman–Crippen MR) is 153 cm³/mol. The number of sulfonamides is 1.